The van der Waals surface area contributed by atoms with Crippen LogP contribution in [-0.2, 0) is 6.61 Å². The molecule has 2 aromatic heterocycles. The van der Waals surface area contributed by atoms with Crippen molar-refractivity contribution in [3.8, 4) is 11.8 Å². The van der Waals surface area contributed by atoms with Gasteiger partial charge in [0.05, 0.1) is 11.3 Å². The van der Waals surface area contributed by atoms with Crippen LogP contribution in [0.5, 0.6) is 5.75 Å². The summed E-state index contributed by atoms with van der Waals surface area (Å²) in [6.07, 6.45) is 3.90. The van der Waals surface area contributed by atoms with Gasteiger partial charge in [-0.15, -0.1) is 0 Å². The van der Waals surface area contributed by atoms with Crippen LogP contribution in [0.25, 0.3) is 5.65 Å². The molecule has 0 saturated heterocycles. The van der Waals surface area contributed by atoms with Crippen LogP contribution in [-0.4, -0.2) is 9.38 Å². The molecule has 0 saturated carbocycles. The van der Waals surface area contributed by atoms with Gasteiger partial charge in [0.25, 0.3) is 0 Å². The summed E-state index contributed by atoms with van der Waals surface area (Å²) >= 11 is 0. The van der Waals surface area contributed by atoms with E-state index in [9.17, 15) is 0 Å². The maximum Gasteiger partial charge on any atom is 0.140 e. The highest BCUT2D eigenvalue weighted by Crippen LogP contribution is 2.18. The lowest BCUT2D eigenvalue weighted by Crippen LogP contribution is -1.97. The van der Waals surface area contributed by atoms with Gasteiger partial charge in [-0.05, 0) is 30.7 Å². The number of para-hydroxylation sites is 1. The first-order chi connectivity index (χ1) is 9.78. The molecule has 2 heterocycles. The van der Waals surface area contributed by atoms with Gasteiger partial charge in [0, 0.05) is 12.4 Å². The molecule has 0 fully saturated rings. The maximum atomic E-state index is 9.02. The number of fused-ring (bicyclic) bond motifs is 1. The molecule has 0 spiro atoms. The minimum atomic E-state index is 0.347. The van der Waals surface area contributed by atoms with E-state index in [4.69, 9.17) is 10.00 Å². The third kappa shape index (κ3) is 2.21. The summed E-state index contributed by atoms with van der Waals surface area (Å²) in [4.78, 5) is 4.54. The monoisotopic (exact) mass is 263 g/mol. The van der Waals surface area contributed by atoms with E-state index in [2.05, 4.69) is 11.1 Å². The molecule has 3 aromatic rings. The van der Waals surface area contributed by atoms with Gasteiger partial charge < -0.3 is 9.14 Å². The number of pyridine rings is 1. The number of ether oxygens (including phenoxy) is 1. The van der Waals surface area contributed by atoms with Crippen molar-refractivity contribution in [2.45, 2.75) is 13.5 Å². The number of hydrogen-bond acceptors (Lipinski definition) is 3. The molecule has 0 N–H and O–H groups in total. The summed E-state index contributed by atoms with van der Waals surface area (Å²) in [6.45, 7) is 2.37. The van der Waals surface area contributed by atoms with Crippen molar-refractivity contribution < 1.29 is 4.74 Å². The molecule has 3 rings (SSSR count). The zero-order chi connectivity index (χ0) is 13.9. The SMILES string of the molecule is Cc1cccn2cc(COc3ccccc3C#N)nc12. The average Bonchev–Trinajstić information content (AvgIpc) is 2.90. The van der Waals surface area contributed by atoms with E-state index in [0.717, 1.165) is 16.9 Å². The minimum Gasteiger partial charge on any atom is -0.486 e. The zero-order valence-corrected chi connectivity index (χ0v) is 11.1. The summed E-state index contributed by atoms with van der Waals surface area (Å²) in [6, 6.07) is 13.3. The summed E-state index contributed by atoms with van der Waals surface area (Å²) < 4.78 is 7.66. The average molecular weight is 263 g/mol. The molecular weight excluding hydrogens is 250 g/mol. The molecule has 0 aliphatic carbocycles. The number of nitrogens with zero attached hydrogens (tertiary/aromatic N) is 3. The molecule has 0 aliphatic heterocycles. The van der Waals surface area contributed by atoms with Crippen molar-refractivity contribution >= 4 is 5.65 Å². The molecule has 0 aliphatic rings. The van der Waals surface area contributed by atoms with Crippen LogP contribution in [0.15, 0.2) is 48.8 Å². The van der Waals surface area contributed by atoms with Crippen LogP contribution in [0.4, 0.5) is 0 Å². The van der Waals surface area contributed by atoms with Crippen LogP contribution < -0.4 is 4.74 Å². The normalized spacial score (nSPS) is 10.4. The van der Waals surface area contributed by atoms with E-state index < -0.39 is 0 Å². The first-order valence-corrected chi connectivity index (χ1v) is 6.33. The third-order valence-electron chi connectivity index (χ3n) is 3.11. The van der Waals surface area contributed by atoms with Gasteiger partial charge in [-0.3, -0.25) is 0 Å². The Bertz CT molecular complexity index is 799. The van der Waals surface area contributed by atoms with E-state index in [1.807, 2.05) is 48.0 Å². The Morgan fingerprint density at radius 1 is 1.25 bits per heavy atom. The van der Waals surface area contributed by atoms with Crippen LogP contribution in [0.2, 0.25) is 0 Å². The number of aromatic nitrogens is 2. The second-order valence-corrected chi connectivity index (χ2v) is 4.55. The Balaban J connectivity index is 1.84. The van der Waals surface area contributed by atoms with Gasteiger partial charge in [-0.25, -0.2) is 4.98 Å². The number of imidazole rings is 1. The quantitative estimate of drug-likeness (QED) is 0.729. The maximum absolute atomic E-state index is 9.02. The van der Waals surface area contributed by atoms with Gasteiger partial charge in [0.1, 0.15) is 24.1 Å². The number of aryl methyl sites for hydroxylation is 1. The summed E-state index contributed by atoms with van der Waals surface area (Å²) in [5.41, 5.74) is 3.43. The van der Waals surface area contributed by atoms with Crippen LogP contribution >= 0.6 is 0 Å². The Kier molecular flexibility index (Phi) is 3.10. The standard InChI is InChI=1S/C16H13N3O/c1-12-5-4-8-19-10-14(18-16(12)19)11-20-15-7-3-2-6-13(15)9-17/h2-8,10H,11H2,1H3. The Hall–Kier alpha value is -2.80. The number of hydrogen-bond donors (Lipinski definition) is 0. The van der Waals surface area contributed by atoms with Gasteiger partial charge in [-0.2, -0.15) is 5.26 Å². The van der Waals surface area contributed by atoms with Gasteiger partial charge >= 0.3 is 0 Å². The summed E-state index contributed by atoms with van der Waals surface area (Å²) in [5, 5.41) is 9.02. The van der Waals surface area contributed by atoms with E-state index >= 15 is 0 Å². The van der Waals surface area contributed by atoms with Crippen LogP contribution in [0.1, 0.15) is 16.8 Å². The fraction of sp³-hybridized carbons (Fsp3) is 0.125. The molecule has 4 heteroatoms. The van der Waals surface area contributed by atoms with E-state index in [1.165, 1.54) is 0 Å². The molecule has 0 amide bonds. The smallest absolute Gasteiger partial charge is 0.140 e. The molecule has 0 bridgehead atoms. The van der Waals surface area contributed by atoms with Crippen molar-refractivity contribution in [2.75, 3.05) is 0 Å². The van der Waals surface area contributed by atoms with Gasteiger partial charge in [0.15, 0.2) is 0 Å². The minimum absolute atomic E-state index is 0.347. The lowest BCUT2D eigenvalue weighted by atomic mass is 10.2. The van der Waals surface area contributed by atoms with E-state index in [0.29, 0.717) is 17.9 Å². The van der Waals surface area contributed by atoms with E-state index in [-0.39, 0.29) is 0 Å². The molecule has 0 atom stereocenters. The zero-order valence-electron chi connectivity index (χ0n) is 11.1. The fourth-order valence-electron chi connectivity index (χ4n) is 2.11. The van der Waals surface area contributed by atoms with Crippen molar-refractivity contribution in [3.63, 3.8) is 0 Å². The highest BCUT2D eigenvalue weighted by Gasteiger charge is 2.06. The van der Waals surface area contributed by atoms with Gasteiger partial charge in [0.2, 0.25) is 0 Å². The molecule has 1 aromatic carbocycles. The Morgan fingerprint density at radius 2 is 2.10 bits per heavy atom. The van der Waals surface area contributed by atoms with Crippen molar-refractivity contribution in [3.05, 3.63) is 65.6 Å². The number of benzene rings is 1. The van der Waals surface area contributed by atoms with Crippen LogP contribution in [0.3, 0.4) is 0 Å². The van der Waals surface area contributed by atoms with Crippen LogP contribution in [0, 0.1) is 18.3 Å². The lowest BCUT2D eigenvalue weighted by Gasteiger charge is -2.05. The number of rotatable bonds is 3. The van der Waals surface area contributed by atoms with Crippen molar-refractivity contribution in [1.29, 1.82) is 5.26 Å². The topological polar surface area (TPSA) is 50.3 Å². The van der Waals surface area contributed by atoms with Crippen molar-refractivity contribution in [2.24, 2.45) is 0 Å². The first-order valence-electron chi connectivity index (χ1n) is 6.33. The van der Waals surface area contributed by atoms with Crippen molar-refractivity contribution in [1.82, 2.24) is 9.38 Å². The summed E-state index contributed by atoms with van der Waals surface area (Å²) in [7, 11) is 0. The lowest BCUT2D eigenvalue weighted by molar-refractivity contribution is 0.301. The fourth-order valence-corrected chi connectivity index (χ4v) is 2.11. The first kappa shape index (κ1) is 12.2. The predicted molar refractivity (Wildman–Crippen MR) is 75.4 cm³/mol. The molecule has 4 nitrogen and oxygen atoms in total. The predicted octanol–water partition coefficient (Wildman–Crippen LogP) is 3.09. The Labute approximate surface area is 116 Å². The summed E-state index contributed by atoms with van der Waals surface area (Å²) in [5.74, 6) is 0.587. The Morgan fingerprint density at radius 3 is 2.90 bits per heavy atom. The van der Waals surface area contributed by atoms with E-state index in [1.54, 1.807) is 12.1 Å². The van der Waals surface area contributed by atoms with Gasteiger partial charge in [-0.1, -0.05) is 18.2 Å². The molecule has 98 valence electrons. The largest absolute Gasteiger partial charge is 0.486 e. The molecule has 20 heavy (non-hydrogen) atoms. The second kappa shape index (κ2) is 5.06. The molecule has 0 unspecified atom stereocenters. The number of nitriles is 1. The molecular formula is C16H13N3O. The molecule has 0 radical (unpaired) electrons. The highest BCUT2D eigenvalue weighted by atomic mass is 16.5. The highest BCUT2D eigenvalue weighted by molar-refractivity contribution is 5.48. The second-order valence-electron chi connectivity index (χ2n) is 4.55. The third-order valence-corrected chi connectivity index (χ3v) is 3.11.